The molecule has 1 atom stereocenters. The van der Waals surface area contributed by atoms with Crippen LogP contribution in [0.1, 0.15) is 6.92 Å². The van der Waals surface area contributed by atoms with Crippen LogP contribution in [0.5, 0.6) is 0 Å². The van der Waals surface area contributed by atoms with Gasteiger partial charge in [0.2, 0.25) is 5.95 Å². The molecule has 0 radical (unpaired) electrons. The fourth-order valence-corrected chi connectivity index (χ4v) is 0.487. The number of rotatable bonds is 2. The average Bonchev–Trinajstić information content (AvgIpc) is 2.39. The summed E-state index contributed by atoms with van der Waals surface area (Å²) in [6.07, 6.45) is 0.220. The Hall–Kier alpha value is -1.43. The molecule has 1 aromatic heterocycles. The third-order valence-electron chi connectivity index (χ3n) is 1.04. The number of hydrogen-bond donors (Lipinski definition) is 3. The Morgan fingerprint density at radius 3 is 3.09 bits per heavy atom. The smallest absolute Gasteiger partial charge is 0.255 e. The van der Waals surface area contributed by atoms with Crippen molar-refractivity contribution < 1.29 is 9.90 Å². The number of carbonyl (C=O) groups excluding carboxylic acids is 1. The highest BCUT2D eigenvalue weighted by atomic mass is 16.3. The van der Waals surface area contributed by atoms with Crippen LogP contribution in [-0.4, -0.2) is 32.3 Å². The molecule has 3 N–H and O–H groups in total. The van der Waals surface area contributed by atoms with E-state index in [0.29, 0.717) is 0 Å². The topological polar surface area (TPSA) is 90.9 Å². The van der Waals surface area contributed by atoms with E-state index in [4.69, 9.17) is 5.11 Å². The second-order valence-electron chi connectivity index (χ2n) is 2.00. The highest BCUT2D eigenvalue weighted by Gasteiger charge is 2.09. The lowest BCUT2D eigenvalue weighted by Gasteiger charge is -2.01. The van der Waals surface area contributed by atoms with Crippen LogP contribution < -0.4 is 5.32 Å². The van der Waals surface area contributed by atoms with Crippen molar-refractivity contribution in [1.82, 2.24) is 15.2 Å². The Kier molecular flexibility index (Phi) is 2.17. The number of aromatic nitrogens is 3. The van der Waals surface area contributed by atoms with E-state index in [1.165, 1.54) is 13.3 Å². The fraction of sp³-hybridized carbons (Fsp3) is 0.400. The molecule has 0 fully saturated rings. The molecule has 0 aliphatic carbocycles. The Morgan fingerprint density at radius 1 is 1.91 bits per heavy atom. The van der Waals surface area contributed by atoms with E-state index in [1.807, 2.05) is 0 Å². The molecule has 0 aliphatic heterocycles. The SMILES string of the molecule is CC(O)C(=O)Nc1ncn[nH]1. The maximum absolute atomic E-state index is 10.8. The van der Waals surface area contributed by atoms with Crippen LogP contribution >= 0.6 is 0 Å². The molecule has 0 aromatic carbocycles. The molecule has 6 nitrogen and oxygen atoms in total. The van der Waals surface area contributed by atoms with E-state index >= 15 is 0 Å². The van der Waals surface area contributed by atoms with E-state index in [2.05, 4.69) is 20.5 Å². The van der Waals surface area contributed by atoms with Crippen molar-refractivity contribution in [3.8, 4) is 0 Å². The minimum atomic E-state index is -1.04. The molecular weight excluding hydrogens is 148 g/mol. The average molecular weight is 156 g/mol. The second kappa shape index (κ2) is 3.11. The number of carbonyl (C=O) groups is 1. The summed E-state index contributed by atoms with van der Waals surface area (Å²) in [5.74, 6) is -0.280. The minimum Gasteiger partial charge on any atom is -0.384 e. The summed E-state index contributed by atoms with van der Waals surface area (Å²) in [5.41, 5.74) is 0. The van der Waals surface area contributed by atoms with Crippen LogP contribution in [0.4, 0.5) is 5.95 Å². The normalized spacial score (nSPS) is 12.5. The number of nitrogens with one attached hydrogen (secondary N) is 2. The molecule has 1 rings (SSSR count). The first kappa shape index (κ1) is 7.67. The summed E-state index contributed by atoms with van der Waals surface area (Å²) < 4.78 is 0. The molecular formula is C5H8N4O2. The number of amides is 1. The number of aliphatic hydroxyl groups excluding tert-OH is 1. The lowest BCUT2D eigenvalue weighted by atomic mass is 10.4. The fourth-order valence-electron chi connectivity index (χ4n) is 0.487. The molecule has 0 saturated carbocycles. The van der Waals surface area contributed by atoms with Gasteiger partial charge < -0.3 is 5.11 Å². The Labute approximate surface area is 62.6 Å². The molecule has 11 heavy (non-hydrogen) atoms. The Balaban J connectivity index is 2.50. The van der Waals surface area contributed by atoms with Gasteiger partial charge in [0.25, 0.3) is 5.91 Å². The number of nitrogens with zero attached hydrogens (tertiary/aromatic N) is 2. The zero-order valence-corrected chi connectivity index (χ0v) is 5.90. The van der Waals surface area contributed by atoms with Gasteiger partial charge in [-0.25, -0.2) is 5.10 Å². The van der Waals surface area contributed by atoms with Crippen LogP contribution in [0.15, 0.2) is 6.33 Å². The molecule has 0 aliphatic rings. The quantitative estimate of drug-likeness (QED) is 0.518. The minimum absolute atomic E-state index is 0.232. The highest BCUT2D eigenvalue weighted by Crippen LogP contribution is 1.93. The van der Waals surface area contributed by atoms with Gasteiger partial charge in [0.15, 0.2) is 0 Å². The van der Waals surface area contributed by atoms with Gasteiger partial charge in [-0.1, -0.05) is 0 Å². The van der Waals surface area contributed by atoms with Crippen LogP contribution in [0.2, 0.25) is 0 Å². The number of aliphatic hydroxyl groups is 1. The predicted molar refractivity (Wildman–Crippen MR) is 36.7 cm³/mol. The van der Waals surface area contributed by atoms with Crippen molar-refractivity contribution in [1.29, 1.82) is 0 Å². The summed E-state index contributed by atoms with van der Waals surface area (Å²) >= 11 is 0. The lowest BCUT2D eigenvalue weighted by Crippen LogP contribution is -2.24. The van der Waals surface area contributed by atoms with E-state index in [-0.39, 0.29) is 5.95 Å². The van der Waals surface area contributed by atoms with Gasteiger partial charge in [0.1, 0.15) is 12.4 Å². The summed E-state index contributed by atoms with van der Waals surface area (Å²) in [6, 6.07) is 0. The highest BCUT2D eigenvalue weighted by molar-refractivity contribution is 5.91. The van der Waals surface area contributed by atoms with Gasteiger partial charge in [-0.15, -0.1) is 0 Å². The van der Waals surface area contributed by atoms with Gasteiger partial charge in [0.05, 0.1) is 0 Å². The Bertz CT molecular complexity index is 231. The first-order valence-electron chi connectivity index (χ1n) is 3.04. The molecule has 0 bridgehead atoms. The molecule has 6 heteroatoms. The van der Waals surface area contributed by atoms with E-state index in [0.717, 1.165) is 0 Å². The van der Waals surface area contributed by atoms with Crippen molar-refractivity contribution in [2.24, 2.45) is 0 Å². The zero-order chi connectivity index (χ0) is 8.27. The van der Waals surface area contributed by atoms with Gasteiger partial charge in [-0.3, -0.25) is 10.1 Å². The summed E-state index contributed by atoms with van der Waals surface area (Å²) in [7, 11) is 0. The van der Waals surface area contributed by atoms with E-state index in [9.17, 15) is 4.79 Å². The third kappa shape index (κ3) is 2.01. The van der Waals surface area contributed by atoms with Crippen molar-refractivity contribution in [2.75, 3.05) is 5.32 Å². The van der Waals surface area contributed by atoms with Gasteiger partial charge in [0, 0.05) is 0 Å². The lowest BCUT2D eigenvalue weighted by molar-refractivity contribution is -0.123. The zero-order valence-electron chi connectivity index (χ0n) is 5.90. The molecule has 0 saturated heterocycles. The second-order valence-corrected chi connectivity index (χ2v) is 2.00. The molecule has 0 spiro atoms. The first-order valence-corrected chi connectivity index (χ1v) is 3.04. The van der Waals surface area contributed by atoms with Crippen LogP contribution in [-0.2, 0) is 4.79 Å². The van der Waals surface area contributed by atoms with Gasteiger partial charge in [-0.2, -0.15) is 10.1 Å². The van der Waals surface area contributed by atoms with Crippen molar-refractivity contribution >= 4 is 11.9 Å². The maximum Gasteiger partial charge on any atom is 0.255 e. The van der Waals surface area contributed by atoms with Crippen LogP contribution in [0.3, 0.4) is 0 Å². The molecule has 1 amide bonds. The summed E-state index contributed by atoms with van der Waals surface area (Å²) in [5, 5.41) is 17.0. The molecule has 1 aromatic rings. The monoisotopic (exact) mass is 156 g/mol. The maximum atomic E-state index is 10.8. The largest absolute Gasteiger partial charge is 0.384 e. The van der Waals surface area contributed by atoms with Crippen molar-refractivity contribution in [3.05, 3.63) is 6.33 Å². The van der Waals surface area contributed by atoms with E-state index in [1.54, 1.807) is 0 Å². The van der Waals surface area contributed by atoms with Crippen LogP contribution in [0, 0.1) is 0 Å². The summed E-state index contributed by atoms with van der Waals surface area (Å²) in [6.45, 7) is 1.37. The number of H-pyrrole nitrogens is 1. The number of aromatic amines is 1. The standard InChI is InChI=1S/C5H8N4O2/c1-3(10)4(11)8-5-6-2-7-9-5/h2-3,10H,1H3,(H2,6,7,8,9,11). The summed E-state index contributed by atoms with van der Waals surface area (Å²) in [4.78, 5) is 14.4. The van der Waals surface area contributed by atoms with Gasteiger partial charge >= 0.3 is 0 Å². The predicted octanol–water partition coefficient (Wildman–Crippen LogP) is -0.876. The van der Waals surface area contributed by atoms with Crippen molar-refractivity contribution in [3.63, 3.8) is 0 Å². The molecule has 1 unspecified atom stereocenters. The first-order chi connectivity index (χ1) is 5.20. The van der Waals surface area contributed by atoms with Gasteiger partial charge in [-0.05, 0) is 6.92 Å². The Morgan fingerprint density at radius 2 is 2.64 bits per heavy atom. The number of hydrogen-bond acceptors (Lipinski definition) is 4. The third-order valence-corrected chi connectivity index (χ3v) is 1.04. The molecule has 1 heterocycles. The van der Waals surface area contributed by atoms with E-state index < -0.39 is 12.0 Å². The molecule has 60 valence electrons. The van der Waals surface area contributed by atoms with Crippen molar-refractivity contribution in [2.45, 2.75) is 13.0 Å². The number of anilines is 1. The van der Waals surface area contributed by atoms with Crippen LogP contribution in [0.25, 0.3) is 0 Å².